The fourth-order valence-corrected chi connectivity index (χ4v) is 1.98. The van der Waals surface area contributed by atoms with Gasteiger partial charge in [-0.1, -0.05) is 13.0 Å². The maximum atomic E-state index is 11.9. The Hall–Kier alpha value is -1.40. The van der Waals surface area contributed by atoms with E-state index in [0.29, 0.717) is 45.7 Å². The Kier molecular flexibility index (Phi) is 6.52. The lowest BCUT2D eigenvalue weighted by molar-refractivity contribution is -0.134. The summed E-state index contributed by atoms with van der Waals surface area (Å²) >= 11 is 0. The molecule has 108 valence electrons. The molecule has 0 aromatic carbocycles. The Morgan fingerprint density at radius 1 is 1.37 bits per heavy atom. The summed E-state index contributed by atoms with van der Waals surface area (Å²) in [4.78, 5) is 27.3. The van der Waals surface area contributed by atoms with Crippen LogP contribution in [0.5, 0.6) is 0 Å². The van der Waals surface area contributed by atoms with Crippen LogP contribution in [0.4, 0.5) is 0 Å². The van der Waals surface area contributed by atoms with E-state index in [-0.39, 0.29) is 11.8 Å². The molecule has 3 N–H and O–H groups in total. The van der Waals surface area contributed by atoms with Crippen LogP contribution in [0.1, 0.15) is 13.3 Å². The number of nitrogens with two attached hydrogens (primary N) is 1. The molecule has 0 aromatic heterocycles. The van der Waals surface area contributed by atoms with Gasteiger partial charge in [0.2, 0.25) is 11.8 Å². The van der Waals surface area contributed by atoms with E-state index in [1.165, 1.54) is 0 Å². The quantitative estimate of drug-likeness (QED) is 0.616. The van der Waals surface area contributed by atoms with E-state index in [2.05, 4.69) is 11.9 Å². The van der Waals surface area contributed by atoms with Crippen molar-refractivity contribution in [3.8, 4) is 0 Å². The number of nitrogens with one attached hydrogen (secondary N) is 1. The highest BCUT2D eigenvalue weighted by Crippen LogP contribution is 2.04. The maximum absolute atomic E-state index is 11.9. The lowest BCUT2D eigenvalue weighted by Gasteiger charge is -2.35. The highest BCUT2D eigenvalue weighted by Gasteiger charge is 2.24. The molecule has 2 amide bonds. The van der Waals surface area contributed by atoms with E-state index in [1.807, 2.05) is 11.8 Å². The van der Waals surface area contributed by atoms with E-state index >= 15 is 0 Å². The average Bonchev–Trinajstić information content (AvgIpc) is 2.44. The summed E-state index contributed by atoms with van der Waals surface area (Å²) in [5.41, 5.74) is 5.74. The molecule has 6 nitrogen and oxygen atoms in total. The Morgan fingerprint density at radius 2 is 2.00 bits per heavy atom. The fraction of sp³-hybridized carbons (Fsp3) is 0.692. The van der Waals surface area contributed by atoms with E-state index < -0.39 is 6.04 Å². The summed E-state index contributed by atoms with van der Waals surface area (Å²) in [5.74, 6) is 0.00296. The number of carbonyl (C=O) groups excluding carboxylic acids is 2. The third kappa shape index (κ3) is 5.00. The molecule has 6 heteroatoms. The van der Waals surface area contributed by atoms with Crippen molar-refractivity contribution in [1.29, 1.82) is 0 Å². The molecule has 1 fully saturated rings. The zero-order chi connectivity index (χ0) is 14.3. The van der Waals surface area contributed by atoms with Gasteiger partial charge in [0.05, 0.1) is 12.6 Å². The number of hydrogen-bond acceptors (Lipinski definition) is 4. The summed E-state index contributed by atoms with van der Waals surface area (Å²) in [6.07, 6.45) is 2.31. The lowest BCUT2D eigenvalue weighted by Crippen LogP contribution is -2.54. The predicted molar refractivity (Wildman–Crippen MR) is 74.5 cm³/mol. The van der Waals surface area contributed by atoms with Crippen LogP contribution >= 0.6 is 0 Å². The topological polar surface area (TPSA) is 78.7 Å². The van der Waals surface area contributed by atoms with Gasteiger partial charge in [-0.15, -0.1) is 6.58 Å². The number of carbonyl (C=O) groups is 2. The zero-order valence-electron chi connectivity index (χ0n) is 11.6. The van der Waals surface area contributed by atoms with E-state index in [1.54, 1.807) is 11.0 Å². The minimum atomic E-state index is -0.401. The summed E-state index contributed by atoms with van der Waals surface area (Å²) in [7, 11) is 0. The van der Waals surface area contributed by atoms with Gasteiger partial charge in [-0.25, -0.2) is 0 Å². The standard InChI is InChI=1S/C13H24N4O2/c1-3-5-15-12(18)10-16-6-8-17(9-7-16)13(19)11(14)4-2/h3,11H,1,4-10,14H2,2H3,(H,15,18)/t11-/m0/s1. The largest absolute Gasteiger partial charge is 0.352 e. The number of rotatable bonds is 6. The van der Waals surface area contributed by atoms with Gasteiger partial charge >= 0.3 is 0 Å². The van der Waals surface area contributed by atoms with Crippen molar-refractivity contribution in [1.82, 2.24) is 15.1 Å². The van der Waals surface area contributed by atoms with Crippen molar-refractivity contribution in [2.45, 2.75) is 19.4 Å². The van der Waals surface area contributed by atoms with Gasteiger partial charge in [0.25, 0.3) is 0 Å². The monoisotopic (exact) mass is 268 g/mol. The van der Waals surface area contributed by atoms with Crippen molar-refractivity contribution in [2.75, 3.05) is 39.3 Å². The first kappa shape index (κ1) is 15.7. The first-order chi connectivity index (χ1) is 9.08. The van der Waals surface area contributed by atoms with Gasteiger partial charge in [0.1, 0.15) is 0 Å². The van der Waals surface area contributed by atoms with Gasteiger partial charge in [0, 0.05) is 32.7 Å². The second kappa shape index (κ2) is 7.91. The molecule has 0 aromatic rings. The lowest BCUT2D eigenvalue weighted by atomic mass is 10.2. The summed E-state index contributed by atoms with van der Waals surface area (Å²) < 4.78 is 0. The van der Waals surface area contributed by atoms with Crippen LogP contribution in [0, 0.1) is 0 Å². The van der Waals surface area contributed by atoms with Crippen LogP contribution in [0.25, 0.3) is 0 Å². The van der Waals surface area contributed by atoms with E-state index in [9.17, 15) is 9.59 Å². The Morgan fingerprint density at radius 3 is 2.53 bits per heavy atom. The molecule has 1 saturated heterocycles. The van der Waals surface area contributed by atoms with Gasteiger partial charge < -0.3 is 16.0 Å². The second-order valence-corrected chi connectivity index (χ2v) is 4.71. The van der Waals surface area contributed by atoms with Crippen LogP contribution in [-0.2, 0) is 9.59 Å². The fourth-order valence-electron chi connectivity index (χ4n) is 1.98. The van der Waals surface area contributed by atoms with E-state index in [0.717, 1.165) is 0 Å². The molecule has 19 heavy (non-hydrogen) atoms. The molecule has 0 aliphatic carbocycles. The normalized spacial score (nSPS) is 17.9. The Labute approximate surface area is 114 Å². The highest BCUT2D eigenvalue weighted by atomic mass is 16.2. The van der Waals surface area contributed by atoms with Crippen LogP contribution in [0.15, 0.2) is 12.7 Å². The minimum absolute atomic E-state index is 0.00932. The van der Waals surface area contributed by atoms with E-state index in [4.69, 9.17) is 5.73 Å². The van der Waals surface area contributed by atoms with Crippen molar-refractivity contribution in [2.24, 2.45) is 5.73 Å². The summed E-state index contributed by atoms with van der Waals surface area (Å²) in [5, 5.41) is 2.74. The number of nitrogens with zero attached hydrogens (tertiary/aromatic N) is 2. The third-order valence-electron chi connectivity index (χ3n) is 3.25. The molecular formula is C13H24N4O2. The minimum Gasteiger partial charge on any atom is -0.352 e. The highest BCUT2D eigenvalue weighted by molar-refractivity contribution is 5.81. The molecule has 0 bridgehead atoms. The van der Waals surface area contributed by atoms with Gasteiger partial charge in [-0.3, -0.25) is 14.5 Å². The second-order valence-electron chi connectivity index (χ2n) is 4.71. The van der Waals surface area contributed by atoms with Crippen LogP contribution in [0.2, 0.25) is 0 Å². The molecule has 0 radical (unpaired) electrons. The van der Waals surface area contributed by atoms with Crippen molar-refractivity contribution < 1.29 is 9.59 Å². The molecular weight excluding hydrogens is 244 g/mol. The van der Waals surface area contributed by atoms with Crippen LogP contribution in [0.3, 0.4) is 0 Å². The smallest absolute Gasteiger partial charge is 0.239 e. The number of amides is 2. The number of piperazine rings is 1. The SMILES string of the molecule is C=CCNC(=O)CN1CCN(C(=O)[C@@H](N)CC)CC1. The molecule has 0 saturated carbocycles. The zero-order valence-corrected chi connectivity index (χ0v) is 11.6. The summed E-state index contributed by atoms with van der Waals surface area (Å²) in [6.45, 7) is 9.02. The molecule has 1 rings (SSSR count). The van der Waals surface area contributed by atoms with Crippen molar-refractivity contribution >= 4 is 11.8 Å². The summed E-state index contributed by atoms with van der Waals surface area (Å²) in [6, 6.07) is -0.401. The molecule has 1 aliphatic heterocycles. The third-order valence-corrected chi connectivity index (χ3v) is 3.25. The Balaban J connectivity index is 2.30. The van der Waals surface area contributed by atoms with Crippen molar-refractivity contribution in [3.63, 3.8) is 0 Å². The Bertz CT molecular complexity index is 325. The van der Waals surface area contributed by atoms with Gasteiger partial charge in [-0.2, -0.15) is 0 Å². The maximum Gasteiger partial charge on any atom is 0.239 e. The molecule has 1 aliphatic rings. The van der Waals surface area contributed by atoms with Gasteiger partial charge in [0.15, 0.2) is 0 Å². The molecule has 0 spiro atoms. The predicted octanol–water partition coefficient (Wildman–Crippen LogP) is -0.830. The first-order valence-electron chi connectivity index (χ1n) is 6.72. The molecule has 1 heterocycles. The van der Waals surface area contributed by atoms with Crippen LogP contribution < -0.4 is 11.1 Å². The molecule has 0 unspecified atom stereocenters. The van der Waals surface area contributed by atoms with Crippen molar-refractivity contribution in [3.05, 3.63) is 12.7 Å². The average molecular weight is 268 g/mol. The number of hydrogen-bond donors (Lipinski definition) is 2. The first-order valence-corrected chi connectivity index (χ1v) is 6.72. The molecule has 1 atom stereocenters. The van der Waals surface area contributed by atoms with Crippen LogP contribution in [-0.4, -0.2) is 66.9 Å². The van der Waals surface area contributed by atoms with Gasteiger partial charge in [-0.05, 0) is 6.42 Å².